The van der Waals surface area contributed by atoms with Crippen LogP contribution >= 0.6 is 23.2 Å². The molecule has 4 nitrogen and oxygen atoms in total. The van der Waals surface area contributed by atoms with E-state index in [0.717, 1.165) is 22.3 Å². The summed E-state index contributed by atoms with van der Waals surface area (Å²) in [5.74, 6) is -2.02. The second-order valence-corrected chi connectivity index (χ2v) is 7.79. The van der Waals surface area contributed by atoms with Crippen LogP contribution < -0.4 is 5.32 Å². The van der Waals surface area contributed by atoms with Crippen molar-refractivity contribution in [3.63, 3.8) is 0 Å². The number of carboxylic acids is 1. The molecule has 0 aliphatic heterocycles. The fourth-order valence-electron chi connectivity index (χ4n) is 3.80. The standard InChI is InChI=1S/C23H17Cl2NO3/c24-14-10-9-13(19(25)12-14)11-20(23(28)29)26-22(27)21-17-7-3-1-5-15(17)16-6-2-4-8-18(16)21/h1-10,12,20-21H,11H2,(H,26,27)(H,28,29)/t20-/m0/s1. The highest BCUT2D eigenvalue weighted by molar-refractivity contribution is 6.35. The Hall–Kier alpha value is -2.82. The van der Waals surface area contributed by atoms with Crippen molar-refractivity contribution < 1.29 is 14.7 Å². The lowest BCUT2D eigenvalue weighted by Gasteiger charge is -2.19. The van der Waals surface area contributed by atoms with Gasteiger partial charge in [-0.3, -0.25) is 4.79 Å². The van der Waals surface area contributed by atoms with Crippen LogP contribution in [0.3, 0.4) is 0 Å². The number of amides is 1. The van der Waals surface area contributed by atoms with E-state index in [-0.39, 0.29) is 12.3 Å². The van der Waals surface area contributed by atoms with Crippen molar-refractivity contribution in [2.24, 2.45) is 0 Å². The third kappa shape index (κ3) is 3.74. The van der Waals surface area contributed by atoms with E-state index in [4.69, 9.17) is 23.2 Å². The normalized spacial score (nSPS) is 13.4. The monoisotopic (exact) mass is 425 g/mol. The number of hydrogen-bond donors (Lipinski definition) is 2. The maximum absolute atomic E-state index is 13.2. The van der Waals surface area contributed by atoms with Crippen LogP contribution in [0.15, 0.2) is 66.7 Å². The zero-order valence-corrected chi connectivity index (χ0v) is 16.7. The molecule has 1 amide bonds. The Balaban J connectivity index is 1.63. The minimum Gasteiger partial charge on any atom is -0.480 e. The highest BCUT2D eigenvalue weighted by Gasteiger charge is 2.35. The number of aliphatic carboxylic acids is 1. The third-order valence-electron chi connectivity index (χ3n) is 5.15. The molecule has 0 saturated carbocycles. The topological polar surface area (TPSA) is 66.4 Å². The second-order valence-electron chi connectivity index (χ2n) is 6.95. The molecule has 0 bridgehead atoms. The van der Waals surface area contributed by atoms with E-state index >= 15 is 0 Å². The largest absolute Gasteiger partial charge is 0.480 e. The van der Waals surface area contributed by atoms with Crippen molar-refractivity contribution in [2.45, 2.75) is 18.4 Å². The molecule has 3 aromatic rings. The third-order valence-corrected chi connectivity index (χ3v) is 5.74. The summed E-state index contributed by atoms with van der Waals surface area (Å²) in [6.45, 7) is 0. The number of rotatable bonds is 5. The first kappa shape index (κ1) is 19.5. The van der Waals surface area contributed by atoms with Crippen LogP contribution in [0.25, 0.3) is 11.1 Å². The average molecular weight is 426 g/mol. The average Bonchev–Trinajstić information content (AvgIpc) is 3.04. The predicted molar refractivity (Wildman–Crippen MR) is 113 cm³/mol. The van der Waals surface area contributed by atoms with Gasteiger partial charge in [0, 0.05) is 16.5 Å². The van der Waals surface area contributed by atoms with Crippen molar-refractivity contribution in [1.29, 1.82) is 0 Å². The van der Waals surface area contributed by atoms with E-state index in [9.17, 15) is 14.7 Å². The summed E-state index contributed by atoms with van der Waals surface area (Å²) in [5, 5.41) is 13.2. The van der Waals surface area contributed by atoms with E-state index in [1.165, 1.54) is 0 Å². The van der Waals surface area contributed by atoms with E-state index in [2.05, 4.69) is 5.32 Å². The Morgan fingerprint density at radius 3 is 2.07 bits per heavy atom. The van der Waals surface area contributed by atoms with Crippen LogP contribution in [0, 0.1) is 0 Å². The van der Waals surface area contributed by atoms with Crippen LogP contribution in [-0.2, 0) is 16.0 Å². The van der Waals surface area contributed by atoms with Gasteiger partial charge in [-0.05, 0) is 39.9 Å². The van der Waals surface area contributed by atoms with Gasteiger partial charge in [-0.15, -0.1) is 0 Å². The number of hydrogen-bond acceptors (Lipinski definition) is 2. The maximum atomic E-state index is 13.2. The molecule has 1 aliphatic rings. The summed E-state index contributed by atoms with van der Waals surface area (Å²) in [5.41, 5.74) is 4.35. The van der Waals surface area contributed by atoms with E-state index in [1.54, 1.807) is 18.2 Å². The lowest BCUT2D eigenvalue weighted by molar-refractivity contribution is -0.141. The molecule has 0 saturated heterocycles. The first-order chi connectivity index (χ1) is 14.0. The Morgan fingerprint density at radius 2 is 1.52 bits per heavy atom. The van der Waals surface area contributed by atoms with Crippen molar-refractivity contribution in [2.75, 3.05) is 0 Å². The van der Waals surface area contributed by atoms with Crippen molar-refractivity contribution in [3.8, 4) is 11.1 Å². The molecule has 3 aromatic carbocycles. The summed E-state index contributed by atoms with van der Waals surface area (Å²) in [7, 11) is 0. The quantitative estimate of drug-likeness (QED) is 0.609. The lowest BCUT2D eigenvalue weighted by Crippen LogP contribution is -2.44. The van der Waals surface area contributed by atoms with Gasteiger partial charge in [0.15, 0.2) is 0 Å². The number of carboxylic acid groups (broad SMARTS) is 1. The molecule has 0 radical (unpaired) electrons. The number of carbonyl (C=O) groups excluding carboxylic acids is 1. The minimum atomic E-state index is -1.12. The van der Waals surface area contributed by atoms with Gasteiger partial charge in [0.2, 0.25) is 5.91 Å². The van der Waals surface area contributed by atoms with Gasteiger partial charge in [0.05, 0.1) is 5.92 Å². The van der Waals surface area contributed by atoms with Gasteiger partial charge < -0.3 is 10.4 Å². The van der Waals surface area contributed by atoms with Crippen LogP contribution in [0.1, 0.15) is 22.6 Å². The second kappa shape index (κ2) is 7.90. The summed E-state index contributed by atoms with van der Waals surface area (Å²) in [4.78, 5) is 25.0. The highest BCUT2D eigenvalue weighted by atomic mass is 35.5. The first-order valence-corrected chi connectivity index (χ1v) is 9.86. The summed E-state index contributed by atoms with van der Waals surface area (Å²) >= 11 is 12.1. The summed E-state index contributed by atoms with van der Waals surface area (Å²) in [6.07, 6.45) is 0.0626. The van der Waals surface area contributed by atoms with Gasteiger partial charge in [0.25, 0.3) is 0 Å². The van der Waals surface area contributed by atoms with Gasteiger partial charge in [0.1, 0.15) is 6.04 Å². The van der Waals surface area contributed by atoms with Crippen molar-refractivity contribution in [3.05, 3.63) is 93.5 Å². The Labute approximate surface area is 178 Å². The van der Waals surface area contributed by atoms with Crippen LogP contribution in [0.2, 0.25) is 10.0 Å². The number of fused-ring (bicyclic) bond motifs is 3. The molecule has 6 heteroatoms. The Morgan fingerprint density at radius 1 is 0.931 bits per heavy atom. The molecule has 0 unspecified atom stereocenters. The fourth-order valence-corrected chi connectivity index (χ4v) is 4.29. The molecule has 29 heavy (non-hydrogen) atoms. The smallest absolute Gasteiger partial charge is 0.326 e. The molecule has 0 heterocycles. The van der Waals surface area contributed by atoms with E-state index in [0.29, 0.717) is 15.6 Å². The van der Waals surface area contributed by atoms with E-state index < -0.39 is 17.9 Å². The molecule has 4 rings (SSSR count). The summed E-state index contributed by atoms with van der Waals surface area (Å²) < 4.78 is 0. The van der Waals surface area contributed by atoms with Gasteiger partial charge in [-0.1, -0.05) is 77.8 Å². The zero-order chi connectivity index (χ0) is 20.5. The van der Waals surface area contributed by atoms with E-state index in [1.807, 2.05) is 48.5 Å². The molecule has 1 aliphatic carbocycles. The lowest BCUT2D eigenvalue weighted by atomic mass is 9.95. The predicted octanol–water partition coefficient (Wildman–Crippen LogP) is 4.92. The highest BCUT2D eigenvalue weighted by Crippen LogP contribution is 2.44. The summed E-state index contributed by atoms with van der Waals surface area (Å²) in [6, 6.07) is 19.2. The maximum Gasteiger partial charge on any atom is 0.326 e. The number of halogens is 2. The molecule has 146 valence electrons. The zero-order valence-electron chi connectivity index (χ0n) is 15.2. The molecule has 0 fully saturated rings. The Kier molecular flexibility index (Phi) is 5.31. The molecular formula is C23H17Cl2NO3. The first-order valence-electron chi connectivity index (χ1n) is 9.11. The van der Waals surface area contributed by atoms with Gasteiger partial charge in [-0.25, -0.2) is 4.79 Å². The SMILES string of the molecule is O=C(N[C@@H](Cc1ccc(Cl)cc1Cl)C(=O)O)C1c2ccccc2-c2ccccc21. The van der Waals surface area contributed by atoms with Gasteiger partial charge >= 0.3 is 5.97 Å². The fraction of sp³-hybridized carbons (Fsp3) is 0.130. The molecule has 1 atom stereocenters. The molecule has 0 spiro atoms. The minimum absolute atomic E-state index is 0.0626. The van der Waals surface area contributed by atoms with Gasteiger partial charge in [-0.2, -0.15) is 0 Å². The van der Waals surface area contributed by atoms with Crippen LogP contribution in [0.4, 0.5) is 0 Å². The van der Waals surface area contributed by atoms with Crippen molar-refractivity contribution >= 4 is 35.1 Å². The Bertz CT molecular complexity index is 1070. The molecule has 2 N–H and O–H groups in total. The number of benzene rings is 3. The number of nitrogens with one attached hydrogen (secondary N) is 1. The van der Waals surface area contributed by atoms with Crippen LogP contribution in [-0.4, -0.2) is 23.0 Å². The molecular weight excluding hydrogens is 409 g/mol. The number of carbonyl (C=O) groups is 2. The molecule has 0 aromatic heterocycles. The van der Waals surface area contributed by atoms with Crippen LogP contribution in [0.5, 0.6) is 0 Å². The van der Waals surface area contributed by atoms with Crippen molar-refractivity contribution in [1.82, 2.24) is 5.32 Å².